The summed E-state index contributed by atoms with van der Waals surface area (Å²) < 4.78 is 145. The van der Waals surface area contributed by atoms with Gasteiger partial charge in [0.1, 0.15) is 0 Å². The third-order valence-corrected chi connectivity index (χ3v) is 6.25. The van der Waals surface area contributed by atoms with Crippen molar-refractivity contribution in [3.63, 3.8) is 0 Å². The molecule has 0 spiro atoms. The first-order valence-corrected chi connectivity index (χ1v) is 9.84. The lowest BCUT2D eigenvalue weighted by Gasteiger charge is -2.28. The van der Waals surface area contributed by atoms with E-state index in [4.69, 9.17) is 0 Å². The molecule has 162 valence electrons. The Hall–Kier alpha value is -1.12. The lowest BCUT2D eigenvalue weighted by atomic mass is 10.1. The topological polar surface area (TPSA) is 0 Å². The van der Waals surface area contributed by atoms with E-state index in [9.17, 15) is 48.3 Å². The van der Waals surface area contributed by atoms with Gasteiger partial charge in [0.2, 0.25) is 5.82 Å². The normalized spacial score (nSPS) is 15.0. The molecular weight excluding hydrogens is 432 g/mol. The molecule has 0 heterocycles. The van der Waals surface area contributed by atoms with Crippen LogP contribution in [-0.2, 0) is 0 Å². The number of rotatable bonds is 9. The zero-order valence-corrected chi connectivity index (χ0v) is 15.3. The highest BCUT2D eigenvalue weighted by Gasteiger charge is 2.48. The molecule has 0 amide bonds. The van der Waals surface area contributed by atoms with Crippen molar-refractivity contribution < 1.29 is 48.3 Å². The summed E-state index contributed by atoms with van der Waals surface area (Å²) >= 11 is 0. The summed E-state index contributed by atoms with van der Waals surface area (Å²) in [7, 11) is -3.44. The molecule has 2 atom stereocenters. The first kappa shape index (κ1) is 24.9. The van der Waals surface area contributed by atoms with E-state index < -0.39 is 73.2 Å². The van der Waals surface area contributed by atoms with Gasteiger partial charge >= 0.3 is 6.18 Å². The van der Waals surface area contributed by atoms with Gasteiger partial charge in [0.25, 0.3) is 5.66 Å². The van der Waals surface area contributed by atoms with Crippen LogP contribution in [0.3, 0.4) is 0 Å². The molecule has 0 bridgehead atoms. The van der Waals surface area contributed by atoms with Crippen molar-refractivity contribution >= 4 is 13.2 Å². The molecule has 1 aromatic rings. The quantitative estimate of drug-likeness (QED) is 0.126. The van der Waals surface area contributed by atoms with Gasteiger partial charge in [0.15, 0.2) is 29.4 Å². The highest BCUT2D eigenvalue weighted by molar-refractivity contribution is 7.66. The van der Waals surface area contributed by atoms with Crippen molar-refractivity contribution in [2.45, 2.75) is 56.5 Å². The summed E-state index contributed by atoms with van der Waals surface area (Å²) in [6.45, 7) is 0.490. The van der Waals surface area contributed by atoms with Crippen molar-refractivity contribution in [1.82, 2.24) is 0 Å². The number of unbranched alkanes of at least 4 members (excludes halogenated alkanes) is 3. The minimum absolute atomic E-state index is 0.0102. The molecule has 12 heteroatoms. The van der Waals surface area contributed by atoms with Crippen molar-refractivity contribution in [2.75, 3.05) is 6.66 Å². The summed E-state index contributed by atoms with van der Waals surface area (Å²) in [6.07, 6.45) is -9.68. The Morgan fingerprint density at radius 2 is 1.14 bits per heavy atom. The number of benzene rings is 1. The van der Waals surface area contributed by atoms with Crippen LogP contribution in [0.2, 0.25) is 0 Å². The van der Waals surface area contributed by atoms with Gasteiger partial charge in [-0.15, -0.1) is 0 Å². The van der Waals surface area contributed by atoms with Crippen LogP contribution in [0.4, 0.5) is 48.3 Å². The van der Waals surface area contributed by atoms with E-state index in [1.807, 2.05) is 0 Å². The van der Waals surface area contributed by atoms with Gasteiger partial charge in [-0.3, -0.25) is 0 Å². The lowest BCUT2D eigenvalue weighted by Crippen LogP contribution is -2.34. The highest BCUT2D eigenvalue weighted by atomic mass is 31.1. The Morgan fingerprint density at radius 3 is 1.61 bits per heavy atom. The van der Waals surface area contributed by atoms with Crippen LogP contribution < -0.4 is 5.30 Å². The van der Waals surface area contributed by atoms with Crippen LogP contribution in [0, 0.1) is 29.1 Å². The second-order valence-electron chi connectivity index (χ2n) is 6.10. The second kappa shape index (κ2) is 9.59. The Balaban J connectivity index is 2.79. The van der Waals surface area contributed by atoms with E-state index in [2.05, 4.69) is 0 Å². The highest BCUT2D eigenvalue weighted by Crippen LogP contribution is 2.53. The fraction of sp³-hybridized carbons (Fsp3) is 0.625. The maximum atomic E-state index is 14.2. The van der Waals surface area contributed by atoms with E-state index >= 15 is 0 Å². The summed E-state index contributed by atoms with van der Waals surface area (Å²) in [4.78, 5) is 0. The third kappa shape index (κ3) is 5.94. The molecule has 0 N–H and O–H groups in total. The van der Waals surface area contributed by atoms with Gasteiger partial charge in [-0.05, 0) is 19.5 Å². The van der Waals surface area contributed by atoms with Crippen molar-refractivity contribution in [3.05, 3.63) is 29.1 Å². The van der Waals surface area contributed by atoms with Crippen molar-refractivity contribution in [2.24, 2.45) is 0 Å². The molecule has 28 heavy (non-hydrogen) atoms. The maximum absolute atomic E-state index is 14.2. The number of hydrogen-bond acceptors (Lipinski definition) is 0. The monoisotopic (exact) mass is 448 g/mol. The summed E-state index contributed by atoms with van der Waals surface area (Å²) in [5.41, 5.74) is -4.40. The molecule has 2 unspecified atom stereocenters. The number of alkyl halides is 6. The van der Waals surface area contributed by atoms with Gasteiger partial charge in [0, 0.05) is 14.3 Å². The van der Waals surface area contributed by atoms with E-state index in [0.717, 1.165) is 0 Å². The summed E-state index contributed by atoms with van der Waals surface area (Å²) in [5, 5.41) is -1.76. The Labute approximate surface area is 154 Å². The average molecular weight is 448 g/mol. The van der Waals surface area contributed by atoms with Crippen LogP contribution in [0.1, 0.15) is 38.5 Å². The predicted octanol–water partition coefficient (Wildman–Crippen LogP) is 6.95. The van der Waals surface area contributed by atoms with Gasteiger partial charge in [0.05, 0.1) is 5.30 Å². The van der Waals surface area contributed by atoms with Crippen LogP contribution in [0.15, 0.2) is 0 Å². The van der Waals surface area contributed by atoms with E-state index in [1.165, 1.54) is 0 Å². The first-order valence-electron chi connectivity index (χ1n) is 8.05. The fourth-order valence-corrected chi connectivity index (χ4v) is 4.06. The number of hydrogen-bond donors (Lipinski definition) is 0. The van der Waals surface area contributed by atoms with E-state index in [-0.39, 0.29) is 25.7 Å². The Morgan fingerprint density at radius 1 is 0.714 bits per heavy atom. The molecule has 0 aliphatic carbocycles. The smallest absolute Gasteiger partial charge is 0.240 e. The van der Waals surface area contributed by atoms with Gasteiger partial charge < -0.3 is 0 Å². The molecule has 0 aromatic heterocycles. The fourth-order valence-electron chi connectivity index (χ4n) is 2.42. The van der Waals surface area contributed by atoms with E-state index in [0.29, 0.717) is 6.66 Å². The average Bonchev–Trinajstić information content (AvgIpc) is 2.60. The van der Waals surface area contributed by atoms with Gasteiger partial charge in [-0.1, -0.05) is 19.3 Å². The van der Waals surface area contributed by atoms with Gasteiger partial charge in [-0.25, -0.2) is 26.3 Å². The molecule has 1 rings (SSSR count). The number of halogens is 11. The third-order valence-electron chi connectivity index (χ3n) is 4.01. The molecule has 0 saturated carbocycles. The largest absolute Gasteiger partial charge is 0.389 e. The lowest BCUT2D eigenvalue weighted by molar-refractivity contribution is -0.135. The predicted molar refractivity (Wildman–Crippen MR) is 82.3 cm³/mol. The standard InChI is InChI=1S/C16H16F11P/c1-28(14-12(21)10(19)9(18)11(20)13(14)22)16(26,27)8(17)6-4-2-3-5-7-15(23,24)25/h8H,2-7H2,1H3. The van der Waals surface area contributed by atoms with Crippen LogP contribution in [-0.4, -0.2) is 24.7 Å². The summed E-state index contributed by atoms with van der Waals surface area (Å²) in [6, 6.07) is 0. The van der Waals surface area contributed by atoms with Crippen LogP contribution in [0.5, 0.6) is 0 Å². The summed E-state index contributed by atoms with van der Waals surface area (Å²) in [5.74, 6) is -12.2. The molecule has 0 saturated heterocycles. The SMILES string of the molecule is CP(c1c(F)c(F)c(F)c(F)c1F)C(F)(F)C(F)CCCCCCC(F)(F)F. The first-order chi connectivity index (χ1) is 12.7. The van der Waals surface area contributed by atoms with Crippen LogP contribution in [0.25, 0.3) is 0 Å². The molecule has 0 aliphatic heterocycles. The Kier molecular flexibility index (Phi) is 8.53. The minimum Gasteiger partial charge on any atom is -0.240 e. The second-order valence-corrected chi connectivity index (χ2v) is 8.26. The molecule has 0 fully saturated rings. The zero-order chi connectivity index (χ0) is 21.9. The van der Waals surface area contributed by atoms with Crippen molar-refractivity contribution in [3.8, 4) is 0 Å². The molecule has 0 aliphatic rings. The van der Waals surface area contributed by atoms with E-state index in [1.54, 1.807) is 0 Å². The van der Waals surface area contributed by atoms with Gasteiger partial charge in [-0.2, -0.15) is 22.0 Å². The van der Waals surface area contributed by atoms with Crippen LogP contribution >= 0.6 is 7.92 Å². The molecule has 0 nitrogen and oxygen atoms in total. The molecule has 0 radical (unpaired) electrons. The maximum Gasteiger partial charge on any atom is 0.389 e. The Bertz CT molecular complexity index is 643. The zero-order valence-electron chi connectivity index (χ0n) is 14.4. The minimum atomic E-state index is -4.40. The molecular formula is C16H16F11P. The molecule has 1 aromatic carbocycles. The van der Waals surface area contributed by atoms with Crippen molar-refractivity contribution in [1.29, 1.82) is 0 Å².